The molecule has 2 rings (SSSR count). The van der Waals surface area contributed by atoms with Crippen molar-refractivity contribution in [2.75, 3.05) is 6.26 Å². The Balaban J connectivity index is 2.45. The van der Waals surface area contributed by atoms with Crippen LogP contribution in [0.5, 0.6) is 0 Å². The minimum Gasteiger partial charge on any atom is -0.265 e. The molecule has 0 radical (unpaired) electrons. The van der Waals surface area contributed by atoms with Gasteiger partial charge >= 0.3 is 0 Å². The van der Waals surface area contributed by atoms with Gasteiger partial charge in [-0.25, -0.2) is 0 Å². The van der Waals surface area contributed by atoms with Gasteiger partial charge in [-0.05, 0) is 18.2 Å². The van der Waals surface area contributed by atoms with Crippen LogP contribution in [-0.4, -0.2) is 19.7 Å². The molecular weight excluding hydrogens is 306 g/mol. The zero-order valence-electron chi connectivity index (χ0n) is 9.05. The molecule has 4 nitrogen and oxygen atoms in total. The Labute approximate surface area is 108 Å². The van der Waals surface area contributed by atoms with Gasteiger partial charge in [-0.2, -0.15) is 8.42 Å². The summed E-state index contributed by atoms with van der Waals surface area (Å²) in [5.41, 5.74) is 1.49. The van der Waals surface area contributed by atoms with Crippen LogP contribution in [-0.2, 0) is 20.9 Å². The second kappa shape index (κ2) is 4.72. The van der Waals surface area contributed by atoms with E-state index < -0.39 is 10.1 Å². The average molecular weight is 316 g/mol. The van der Waals surface area contributed by atoms with E-state index in [0.717, 1.165) is 27.2 Å². The van der Waals surface area contributed by atoms with Crippen molar-refractivity contribution in [3.05, 3.63) is 40.5 Å². The van der Waals surface area contributed by atoms with Gasteiger partial charge in [0.2, 0.25) is 0 Å². The Kier molecular flexibility index (Phi) is 3.46. The Bertz CT molecular complexity index is 655. The summed E-state index contributed by atoms with van der Waals surface area (Å²) in [4.78, 5) is 4.23. The highest BCUT2D eigenvalue weighted by atomic mass is 79.9. The second-order valence-electron chi connectivity index (χ2n) is 3.61. The van der Waals surface area contributed by atoms with E-state index in [-0.39, 0.29) is 6.61 Å². The van der Waals surface area contributed by atoms with Gasteiger partial charge in [0, 0.05) is 21.6 Å². The van der Waals surface area contributed by atoms with Crippen LogP contribution in [0.1, 0.15) is 5.56 Å². The third-order valence-electron chi connectivity index (χ3n) is 2.18. The molecule has 0 bridgehead atoms. The fourth-order valence-electron chi connectivity index (χ4n) is 1.51. The lowest BCUT2D eigenvalue weighted by Crippen LogP contribution is -2.03. The first kappa shape index (κ1) is 12.5. The molecule has 0 aliphatic rings. The van der Waals surface area contributed by atoms with Crippen LogP contribution < -0.4 is 0 Å². The molecule has 0 N–H and O–H groups in total. The molecule has 0 spiro atoms. The lowest BCUT2D eigenvalue weighted by molar-refractivity contribution is 0.313. The fourth-order valence-corrected chi connectivity index (χ4v) is 2.37. The first-order valence-corrected chi connectivity index (χ1v) is 7.44. The van der Waals surface area contributed by atoms with Crippen molar-refractivity contribution in [2.24, 2.45) is 0 Å². The predicted octanol–water partition coefficient (Wildman–Crippen LogP) is 2.47. The molecule has 0 aliphatic heterocycles. The molecule has 0 atom stereocenters. The lowest BCUT2D eigenvalue weighted by Gasteiger charge is -2.06. The van der Waals surface area contributed by atoms with Gasteiger partial charge in [-0.15, -0.1) is 0 Å². The molecule has 0 aliphatic carbocycles. The normalized spacial score (nSPS) is 11.9. The van der Waals surface area contributed by atoms with Crippen LogP contribution in [0, 0.1) is 0 Å². The van der Waals surface area contributed by atoms with E-state index in [2.05, 4.69) is 20.9 Å². The molecule has 17 heavy (non-hydrogen) atoms. The molecule has 0 unspecified atom stereocenters. The summed E-state index contributed by atoms with van der Waals surface area (Å²) in [6.45, 7) is -0.00815. The molecule has 6 heteroatoms. The Hall–Kier alpha value is -0.980. The maximum absolute atomic E-state index is 11.0. The van der Waals surface area contributed by atoms with Gasteiger partial charge in [0.15, 0.2) is 0 Å². The molecule has 0 saturated carbocycles. The van der Waals surface area contributed by atoms with Crippen molar-refractivity contribution in [1.29, 1.82) is 0 Å². The van der Waals surface area contributed by atoms with Crippen LogP contribution in [0.4, 0.5) is 0 Å². The Morgan fingerprint density at radius 2 is 2.18 bits per heavy atom. The summed E-state index contributed by atoms with van der Waals surface area (Å²) < 4.78 is 27.6. The highest BCUT2D eigenvalue weighted by Crippen LogP contribution is 2.23. The van der Waals surface area contributed by atoms with E-state index in [4.69, 9.17) is 4.18 Å². The number of nitrogens with zero attached hydrogens (tertiary/aromatic N) is 1. The zero-order valence-corrected chi connectivity index (χ0v) is 11.5. The van der Waals surface area contributed by atoms with E-state index in [1.54, 1.807) is 12.3 Å². The van der Waals surface area contributed by atoms with Crippen molar-refractivity contribution in [3.8, 4) is 0 Å². The molecular formula is C11H10BrNO3S. The van der Waals surface area contributed by atoms with Crippen molar-refractivity contribution < 1.29 is 12.6 Å². The van der Waals surface area contributed by atoms with Gasteiger partial charge in [-0.1, -0.05) is 22.0 Å². The summed E-state index contributed by atoms with van der Waals surface area (Å²) in [6, 6.07) is 7.47. The van der Waals surface area contributed by atoms with E-state index in [1.165, 1.54) is 0 Å². The number of hydrogen-bond acceptors (Lipinski definition) is 4. The quantitative estimate of drug-likeness (QED) is 0.816. The topological polar surface area (TPSA) is 56.3 Å². The smallest absolute Gasteiger partial charge is 0.264 e. The number of benzene rings is 1. The van der Waals surface area contributed by atoms with Crippen molar-refractivity contribution in [3.63, 3.8) is 0 Å². The zero-order chi connectivity index (χ0) is 12.5. The van der Waals surface area contributed by atoms with Gasteiger partial charge in [0.25, 0.3) is 10.1 Å². The van der Waals surface area contributed by atoms with Crippen molar-refractivity contribution >= 4 is 37.0 Å². The summed E-state index contributed by atoms with van der Waals surface area (Å²) in [5, 5.41) is 0.939. The maximum atomic E-state index is 11.0. The number of halogens is 1. The van der Waals surface area contributed by atoms with Crippen LogP contribution >= 0.6 is 15.9 Å². The van der Waals surface area contributed by atoms with E-state index in [1.807, 2.05) is 18.2 Å². The molecule has 1 aromatic heterocycles. The SMILES string of the molecule is CS(=O)(=O)OCc1cc(Br)cc2cccnc12. The molecule has 1 heterocycles. The number of pyridine rings is 1. The van der Waals surface area contributed by atoms with E-state index in [0.29, 0.717) is 0 Å². The third-order valence-corrected chi connectivity index (χ3v) is 3.18. The van der Waals surface area contributed by atoms with Crippen LogP contribution in [0.15, 0.2) is 34.9 Å². The van der Waals surface area contributed by atoms with Gasteiger partial charge in [-0.3, -0.25) is 9.17 Å². The predicted molar refractivity (Wildman–Crippen MR) is 69.1 cm³/mol. The number of aromatic nitrogens is 1. The highest BCUT2D eigenvalue weighted by molar-refractivity contribution is 9.10. The second-order valence-corrected chi connectivity index (χ2v) is 6.17. The minimum absolute atomic E-state index is 0.00815. The molecule has 0 fully saturated rings. The lowest BCUT2D eigenvalue weighted by atomic mass is 10.1. The summed E-state index contributed by atoms with van der Waals surface area (Å²) in [7, 11) is -3.45. The molecule has 0 amide bonds. The van der Waals surface area contributed by atoms with Crippen molar-refractivity contribution in [1.82, 2.24) is 4.98 Å². The molecule has 90 valence electrons. The fraction of sp³-hybridized carbons (Fsp3) is 0.182. The Morgan fingerprint density at radius 1 is 1.41 bits per heavy atom. The number of rotatable bonds is 3. The Morgan fingerprint density at radius 3 is 2.88 bits per heavy atom. The summed E-state index contributed by atoms with van der Waals surface area (Å²) >= 11 is 3.37. The number of fused-ring (bicyclic) bond motifs is 1. The van der Waals surface area contributed by atoms with E-state index in [9.17, 15) is 8.42 Å². The first-order chi connectivity index (χ1) is 7.96. The summed E-state index contributed by atoms with van der Waals surface area (Å²) in [5.74, 6) is 0. The minimum atomic E-state index is -3.45. The largest absolute Gasteiger partial charge is 0.265 e. The number of hydrogen-bond donors (Lipinski definition) is 0. The van der Waals surface area contributed by atoms with Crippen LogP contribution in [0.3, 0.4) is 0 Å². The van der Waals surface area contributed by atoms with Gasteiger partial charge in [0.1, 0.15) is 0 Å². The van der Waals surface area contributed by atoms with Crippen molar-refractivity contribution in [2.45, 2.75) is 6.61 Å². The first-order valence-electron chi connectivity index (χ1n) is 4.83. The molecule has 1 aromatic carbocycles. The highest BCUT2D eigenvalue weighted by Gasteiger charge is 2.08. The van der Waals surface area contributed by atoms with Crippen LogP contribution in [0.2, 0.25) is 0 Å². The third kappa shape index (κ3) is 3.24. The molecule has 0 saturated heterocycles. The average Bonchev–Trinajstić information content (AvgIpc) is 2.24. The molecule has 2 aromatic rings. The van der Waals surface area contributed by atoms with Gasteiger partial charge in [0.05, 0.1) is 18.4 Å². The standard InChI is InChI=1S/C11H10BrNO3S/c1-17(14,15)16-7-9-6-10(12)5-8-3-2-4-13-11(8)9/h2-6H,7H2,1H3. The van der Waals surface area contributed by atoms with E-state index >= 15 is 0 Å². The summed E-state index contributed by atoms with van der Waals surface area (Å²) in [6.07, 6.45) is 2.70. The monoisotopic (exact) mass is 315 g/mol. The maximum Gasteiger partial charge on any atom is 0.264 e. The van der Waals surface area contributed by atoms with Crippen LogP contribution in [0.25, 0.3) is 10.9 Å². The van der Waals surface area contributed by atoms with Gasteiger partial charge < -0.3 is 0 Å².